The third-order valence-electron chi connectivity index (χ3n) is 3.19. The maximum Gasteiger partial charge on any atom is 0.00672 e. The molecule has 1 N–H and O–H groups in total. The lowest BCUT2D eigenvalue weighted by Crippen LogP contribution is -2.36. The predicted molar refractivity (Wildman–Crippen MR) is 54.3 cm³/mol. The van der Waals surface area contributed by atoms with Crippen molar-refractivity contribution in [3.05, 3.63) is 0 Å². The van der Waals surface area contributed by atoms with Crippen LogP contribution in [-0.4, -0.2) is 12.6 Å². The van der Waals surface area contributed by atoms with Gasteiger partial charge in [-0.05, 0) is 37.5 Å². The Bertz CT molecular complexity index is 136. The standard InChI is InChI=1S/C11H23N/c1-5-11(3,4)8-12-9(2)10-6-7-10/h9-10,12H,5-8H2,1-4H3. The van der Waals surface area contributed by atoms with Crippen LogP contribution in [0.2, 0.25) is 0 Å². The van der Waals surface area contributed by atoms with Crippen LogP contribution in [0.15, 0.2) is 0 Å². The van der Waals surface area contributed by atoms with Crippen LogP contribution in [0.5, 0.6) is 0 Å². The lowest BCUT2D eigenvalue weighted by molar-refractivity contribution is 0.305. The molecule has 72 valence electrons. The molecule has 0 radical (unpaired) electrons. The van der Waals surface area contributed by atoms with Gasteiger partial charge in [-0.25, -0.2) is 0 Å². The van der Waals surface area contributed by atoms with E-state index in [9.17, 15) is 0 Å². The van der Waals surface area contributed by atoms with E-state index < -0.39 is 0 Å². The van der Waals surface area contributed by atoms with Crippen LogP contribution >= 0.6 is 0 Å². The molecule has 0 aromatic rings. The topological polar surface area (TPSA) is 12.0 Å². The zero-order valence-corrected chi connectivity index (χ0v) is 8.98. The van der Waals surface area contributed by atoms with Crippen LogP contribution in [-0.2, 0) is 0 Å². The molecule has 0 aliphatic heterocycles. The summed E-state index contributed by atoms with van der Waals surface area (Å²) in [6.07, 6.45) is 4.15. The highest BCUT2D eigenvalue weighted by atomic mass is 14.9. The fraction of sp³-hybridized carbons (Fsp3) is 1.00. The van der Waals surface area contributed by atoms with Gasteiger partial charge in [0.1, 0.15) is 0 Å². The van der Waals surface area contributed by atoms with Gasteiger partial charge in [-0.1, -0.05) is 20.8 Å². The van der Waals surface area contributed by atoms with Crippen molar-refractivity contribution in [2.75, 3.05) is 6.54 Å². The van der Waals surface area contributed by atoms with E-state index in [1.165, 1.54) is 25.8 Å². The van der Waals surface area contributed by atoms with Gasteiger partial charge >= 0.3 is 0 Å². The predicted octanol–water partition coefficient (Wildman–Crippen LogP) is 2.81. The van der Waals surface area contributed by atoms with Crippen molar-refractivity contribution in [2.45, 2.75) is 53.0 Å². The molecule has 0 aromatic carbocycles. The quantitative estimate of drug-likeness (QED) is 0.667. The second-order valence-corrected chi connectivity index (χ2v) is 5.02. The maximum atomic E-state index is 3.64. The third-order valence-corrected chi connectivity index (χ3v) is 3.19. The lowest BCUT2D eigenvalue weighted by atomic mass is 9.90. The second-order valence-electron chi connectivity index (χ2n) is 5.02. The van der Waals surface area contributed by atoms with Crippen LogP contribution in [0.3, 0.4) is 0 Å². The van der Waals surface area contributed by atoms with Crippen molar-refractivity contribution >= 4 is 0 Å². The molecule has 1 fully saturated rings. The molecular weight excluding hydrogens is 146 g/mol. The Morgan fingerprint density at radius 1 is 1.42 bits per heavy atom. The summed E-state index contributed by atoms with van der Waals surface area (Å²) in [5.41, 5.74) is 0.475. The molecule has 1 heteroatoms. The van der Waals surface area contributed by atoms with Crippen LogP contribution in [0, 0.1) is 11.3 Å². The molecule has 1 rings (SSSR count). The van der Waals surface area contributed by atoms with E-state index in [1.807, 2.05) is 0 Å². The summed E-state index contributed by atoms with van der Waals surface area (Å²) >= 11 is 0. The zero-order chi connectivity index (χ0) is 9.19. The molecular formula is C11H23N. The van der Waals surface area contributed by atoms with Crippen molar-refractivity contribution in [1.29, 1.82) is 0 Å². The van der Waals surface area contributed by atoms with Crippen LogP contribution in [0.25, 0.3) is 0 Å². The fourth-order valence-corrected chi connectivity index (χ4v) is 1.33. The van der Waals surface area contributed by atoms with E-state index in [4.69, 9.17) is 0 Å². The molecule has 0 heterocycles. The summed E-state index contributed by atoms with van der Waals surface area (Å²) in [6.45, 7) is 10.4. The Hall–Kier alpha value is -0.0400. The SMILES string of the molecule is CCC(C)(C)CNC(C)C1CC1. The minimum atomic E-state index is 0.475. The Morgan fingerprint density at radius 2 is 2.00 bits per heavy atom. The smallest absolute Gasteiger partial charge is 0.00672 e. The van der Waals surface area contributed by atoms with Gasteiger partial charge in [-0.3, -0.25) is 0 Å². The van der Waals surface area contributed by atoms with Gasteiger partial charge in [-0.15, -0.1) is 0 Å². The molecule has 0 saturated heterocycles. The molecule has 0 amide bonds. The average Bonchev–Trinajstić information content (AvgIpc) is 2.83. The fourth-order valence-electron chi connectivity index (χ4n) is 1.33. The van der Waals surface area contributed by atoms with E-state index >= 15 is 0 Å². The minimum absolute atomic E-state index is 0.475. The number of nitrogens with one attached hydrogen (secondary N) is 1. The maximum absolute atomic E-state index is 3.64. The van der Waals surface area contributed by atoms with Gasteiger partial charge in [0.2, 0.25) is 0 Å². The van der Waals surface area contributed by atoms with E-state index in [0.29, 0.717) is 5.41 Å². The van der Waals surface area contributed by atoms with Crippen molar-refractivity contribution < 1.29 is 0 Å². The van der Waals surface area contributed by atoms with Crippen LogP contribution < -0.4 is 5.32 Å². The van der Waals surface area contributed by atoms with Crippen LogP contribution in [0.1, 0.15) is 47.0 Å². The Kier molecular flexibility index (Phi) is 3.16. The zero-order valence-electron chi connectivity index (χ0n) is 8.98. The van der Waals surface area contributed by atoms with Crippen molar-refractivity contribution in [2.24, 2.45) is 11.3 Å². The molecule has 0 aromatic heterocycles. The molecule has 0 bridgehead atoms. The Labute approximate surface area is 76.9 Å². The minimum Gasteiger partial charge on any atom is -0.313 e. The van der Waals surface area contributed by atoms with Gasteiger partial charge in [0, 0.05) is 12.6 Å². The first-order chi connectivity index (χ1) is 5.55. The molecule has 1 saturated carbocycles. The molecule has 1 atom stereocenters. The molecule has 12 heavy (non-hydrogen) atoms. The van der Waals surface area contributed by atoms with Crippen molar-refractivity contribution in [1.82, 2.24) is 5.32 Å². The monoisotopic (exact) mass is 169 g/mol. The van der Waals surface area contributed by atoms with Crippen LogP contribution in [0.4, 0.5) is 0 Å². The second kappa shape index (κ2) is 3.78. The number of hydrogen-bond donors (Lipinski definition) is 1. The highest BCUT2D eigenvalue weighted by Gasteiger charge is 2.28. The van der Waals surface area contributed by atoms with E-state index in [-0.39, 0.29) is 0 Å². The average molecular weight is 169 g/mol. The summed E-state index contributed by atoms with van der Waals surface area (Å²) < 4.78 is 0. The molecule has 1 aliphatic rings. The largest absolute Gasteiger partial charge is 0.313 e. The third kappa shape index (κ3) is 3.14. The first kappa shape index (κ1) is 10.0. The van der Waals surface area contributed by atoms with Gasteiger partial charge in [-0.2, -0.15) is 0 Å². The summed E-state index contributed by atoms with van der Waals surface area (Å²) in [7, 11) is 0. The number of rotatable bonds is 5. The molecule has 1 aliphatic carbocycles. The summed E-state index contributed by atoms with van der Waals surface area (Å²) in [5.74, 6) is 0.984. The normalized spacial score (nSPS) is 21.0. The van der Waals surface area contributed by atoms with E-state index in [0.717, 1.165) is 12.0 Å². The van der Waals surface area contributed by atoms with Crippen molar-refractivity contribution in [3.63, 3.8) is 0 Å². The van der Waals surface area contributed by atoms with Gasteiger partial charge in [0.05, 0.1) is 0 Å². The first-order valence-corrected chi connectivity index (χ1v) is 5.28. The van der Waals surface area contributed by atoms with Crippen molar-refractivity contribution in [3.8, 4) is 0 Å². The van der Waals surface area contributed by atoms with E-state index in [1.54, 1.807) is 0 Å². The highest BCUT2D eigenvalue weighted by molar-refractivity contribution is 4.84. The van der Waals surface area contributed by atoms with Gasteiger partial charge in [0.15, 0.2) is 0 Å². The molecule has 1 unspecified atom stereocenters. The van der Waals surface area contributed by atoms with E-state index in [2.05, 4.69) is 33.0 Å². The lowest BCUT2D eigenvalue weighted by Gasteiger charge is -2.25. The van der Waals surface area contributed by atoms with Gasteiger partial charge in [0.25, 0.3) is 0 Å². The Balaban J connectivity index is 2.14. The Morgan fingerprint density at radius 3 is 2.42 bits per heavy atom. The first-order valence-electron chi connectivity index (χ1n) is 5.28. The molecule has 0 spiro atoms. The number of hydrogen-bond acceptors (Lipinski definition) is 1. The summed E-state index contributed by atoms with van der Waals surface area (Å²) in [6, 6.07) is 0.746. The molecule has 1 nitrogen and oxygen atoms in total. The highest BCUT2D eigenvalue weighted by Crippen LogP contribution is 2.32. The summed E-state index contributed by atoms with van der Waals surface area (Å²) in [4.78, 5) is 0. The summed E-state index contributed by atoms with van der Waals surface area (Å²) in [5, 5.41) is 3.64. The van der Waals surface area contributed by atoms with Gasteiger partial charge < -0.3 is 5.32 Å².